The highest BCUT2D eigenvalue weighted by atomic mass is 35.5. The second kappa shape index (κ2) is 6.59. The maximum Gasteiger partial charge on any atom is 0.171 e. The number of benzene rings is 2. The predicted molar refractivity (Wildman–Crippen MR) is 79.0 cm³/mol. The zero-order chi connectivity index (χ0) is 15.4. The van der Waals surface area contributed by atoms with E-state index in [1.807, 2.05) is 0 Å². The molecular weight excluding hydrogens is 295 g/mol. The van der Waals surface area contributed by atoms with Gasteiger partial charge < -0.3 is 9.47 Å². The van der Waals surface area contributed by atoms with Crippen molar-refractivity contribution in [3.05, 3.63) is 58.4 Å². The molecule has 0 radical (unpaired) electrons. The lowest BCUT2D eigenvalue weighted by atomic mass is 10.0. The summed E-state index contributed by atoms with van der Waals surface area (Å²) in [5.41, 5.74) is 0.628. The van der Waals surface area contributed by atoms with E-state index in [-0.39, 0.29) is 22.8 Å². The quantitative estimate of drug-likeness (QED) is 0.785. The Balaban J connectivity index is 2.30. The lowest BCUT2D eigenvalue weighted by molar-refractivity contribution is 0.0989. The van der Waals surface area contributed by atoms with Gasteiger partial charge in [0.25, 0.3) is 0 Å². The molecule has 2 aromatic carbocycles. The fourth-order valence-corrected chi connectivity index (χ4v) is 2.18. The van der Waals surface area contributed by atoms with E-state index in [2.05, 4.69) is 0 Å². The highest BCUT2D eigenvalue weighted by Crippen LogP contribution is 2.27. The summed E-state index contributed by atoms with van der Waals surface area (Å²) in [6.45, 7) is 0. The number of methoxy groups -OCH3 is 2. The summed E-state index contributed by atoms with van der Waals surface area (Å²) in [7, 11) is 2.99. The number of hydrogen-bond donors (Lipinski definition) is 0. The molecule has 0 spiro atoms. The third-order valence-electron chi connectivity index (χ3n) is 3.09. The molecule has 0 bridgehead atoms. The minimum Gasteiger partial charge on any atom is -0.497 e. The first-order chi connectivity index (χ1) is 10.1. The monoisotopic (exact) mass is 308 g/mol. The van der Waals surface area contributed by atoms with Crippen LogP contribution in [0.3, 0.4) is 0 Å². The number of hydrogen-bond acceptors (Lipinski definition) is 3. The first-order valence-corrected chi connectivity index (χ1v) is 6.62. The Morgan fingerprint density at radius 1 is 1.19 bits per heavy atom. The highest BCUT2D eigenvalue weighted by molar-refractivity contribution is 6.30. The Morgan fingerprint density at radius 3 is 2.62 bits per heavy atom. The Hall–Kier alpha value is -2.07. The maximum absolute atomic E-state index is 13.8. The third kappa shape index (κ3) is 3.34. The summed E-state index contributed by atoms with van der Waals surface area (Å²) in [6, 6.07) is 9.46. The van der Waals surface area contributed by atoms with Gasteiger partial charge in [-0.25, -0.2) is 4.39 Å². The average Bonchev–Trinajstić information content (AvgIpc) is 2.51. The van der Waals surface area contributed by atoms with Gasteiger partial charge in [0.15, 0.2) is 5.78 Å². The van der Waals surface area contributed by atoms with E-state index in [9.17, 15) is 9.18 Å². The lowest BCUT2D eigenvalue weighted by Gasteiger charge is -2.10. The summed E-state index contributed by atoms with van der Waals surface area (Å²) in [6.07, 6.45) is -0.0882. The van der Waals surface area contributed by atoms with Gasteiger partial charge in [-0.15, -0.1) is 0 Å². The molecule has 2 aromatic rings. The molecule has 0 aliphatic heterocycles. The van der Waals surface area contributed by atoms with Crippen LogP contribution in [0.1, 0.15) is 15.9 Å². The van der Waals surface area contributed by atoms with Gasteiger partial charge in [-0.05, 0) is 23.8 Å². The van der Waals surface area contributed by atoms with Crippen molar-refractivity contribution in [1.29, 1.82) is 0 Å². The van der Waals surface area contributed by atoms with E-state index in [1.165, 1.54) is 26.4 Å². The van der Waals surface area contributed by atoms with Crippen molar-refractivity contribution < 1.29 is 18.7 Å². The van der Waals surface area contributed by atoms with Crippen LogP contribution in [0.25, 0.3) is 0 Å². The molecule has 3 nitrogen and oxygen atoms in total. The second-order valence-electron chi connectivity index (χ2n) is 4.38. The molecule has 0 saturated heterocycles. The molecule has 2 rings (SSSR count). The predicted octanol–water partition coefficient (Wildman–Crippen LogP) is 3.92. The van der Waals surface area contributed by atoms with E-state index in [0.717, 1.165) is 0 Å². The van der Waals surface area contributed by atoms with Crippen molar-refractivity contribution in [2.24, 2.45) is 0 Å². The molecule has 110 valence electrons. The van der Waals surface area contributed by atoms with Crippen LogP contribution in [0.5, 0.6) is 11.5 Å². The fourth-order valence-electron chi connectivity index (χ4n) is 1.98. The molecule has 0 N–H and O–H groups in total. The lowest BCUT2D eigenvalue weighted by Crippen LogP contribution is -2.07. The molecule has 5 heteroatoms. The Morgan fingerprint density at radius 2 is 1.95 bits per heavy atom. The van der Waals surface area contributed by atoms with E-state index in [0.29, 0.717) is 17.1 Å². The second-order valence-corrected chi connectivity index (χ2v) is 4.79. The summed E-state index contributed by atoms with van der Waals surface area (Å²) in [5.74, 6) is 0.148. The number of Topliss-reactive ketones (excluding diaryl/α,β-unsaturated/α-hetero) is 1. The van der Waals surface area contributed by atoms with Crippen LogP contribution >= 0.6 is 11.6 Å². The molecule has 0 fully saturated rings. The SMILES string of the molecule is COc1ccc(C(=O)Cc2cccc(Cl)c2F)c(OC)c1. The van der Waals surface area contributed by atoms with Crippen LogP contribution in [0.4, 0.5) is 4.39 Å². The number of carbonyl (C=O) groups is 1. The smallest absolute Gasteiger partial charge is 0.171 e. The third-order valence-corrected chi connectivity index (χ3v) is 3.38. The molecule has 0 heterocycles. The van der Waals surface area contributed by atoms with Crippen molar-refractivity contribution >= 4 is 17.4 Å². The summed E-state index contributed by atoms with van der Waals surface area (Å²) in [5, 5.41) is 0.00185. The van der Waals surface area contributed by atoms with Crippen LogP contribution in [-0.4, -0.2) is 20.0 Å². The van der Waals surface area contributed by atoms with Crippen molar-refractivity contribution in [2.45, 2.75) is 6.42 Å². The van der Waals surface area contributed by atoms with Gasteiger partial charge in [0.2, 0.25) is 0 Å². The zero-order valence-electron chi connectivity index (χ0n) is 11.7. The molecule has 0 atom stereocenters. The van der Waals surface area contributed by atoms with Gasteiger partial charge >= 0.3 is 0 Å². The molecule has 0 saturated carbocycles. The minimum absolute atomic E-state index is 0.00185. The van der Waals surface area contributed by atoms with Gasteiger partial charge in [0.1, 0.15) is 17.3 Å². The molecular formula is C16H14ClFO3. The fraction of sp³-hybridized carbons (Fsp3) is 0.188. The van der Waals surface area contributed by atoms with Crippen LogP contribution in [0.2, 0.25) is 5.02 Å². The highest BCUT2D eigenvalue weighted by Gasteiger charge is 2.16. The van der Waals surface area contributed by atoms with Crippen LogP contribution in [-0.2, 0) is 6.42 Å². The standard InChI is InChI=1S/C16H14ClFO3/c1-20-11-6-7-12(15(9-11)21-2)14(19)8-10-4-3-5-13(17)16(10)18/h3-7,9H,8H2,1-2H3. The summed E-state index contributed by atoms with van der Waals surface area (Å²) < 4.78 is 24.1. The zero-order valence-corrected chi connectivity index (χ0v) is 12.4. The summed E-state index contributed by atoms with van der Waals surface area (Å²) in [4.78, 5) is 12.3. The van der Waals surface area contributed by atoms with Crippen LogP contribution in [0.15, 0.2) is 36.4 Å². The van der Waals surface area contributed by atoms with Gasteiger partial charge in [-0.1, -0.05) is 23.7 Å². The van der Waals surface area contributed by atoms with Gasteiger partial charge in [-0.3, -0.25) is 4.79 Å². The Labute approximate surface area is 127 Å². The molecule has 0 amide bonds. The first kappa shape index (κ1) is 15.3. The van der Waals surface area contributed by atoms with Crippen LogP contribution < -0.4 is 9.47 Å². The van der Waals surface area contributed by atoms with Gasteiger partial charge in [0.05, 0.1) is 24.8 Å². The Kier molecular flexibility index (Phi) is 4.81. The minimum atomic E-state index is -0.569. The molecule has 0 aliphatic carbocycles. The molecule has 0 aliphatic rings. The van der Waals surface area contributed by atoms with E-state index >= 15 is 0 Å². The number of halogens is 2. The van der Waals surface area contributed by atoms with Gasteiger partial charge in [0, 0.05) is 12.5 Å². The number of ether oxygens (including phenoxy) is 2. The van der Waals surface area contributed by atoms with Crippen molar-refractivity contribution in [3.8, 4) is 11.5 Å². The van der Waals surface area contributed by atoms with Crippen molar-refractivity contribution in [2.75, 3.05) is 14.2 Å². The van der Waals surface area contributed by atoms with Crippen molar-refractivity contribution in [1.82, 2.24) is 0 Å². The topological polar surface area (TPSA) is 35.5 Å². The largest absolute Gasteiger partial charge is 0.497 e. The van der Waals surface area contributed by atoms with E-state index in [1.54, 1.807) is 24.3 Å². The number of rotatable bonds is 5. The van der Waals surface area contributed by atoms with Crippen molar-refractivity contribution in [3.63, 3.8) is 0 Å². The number of carbonyl (C=O) groups excluding carboxylic acids is 1. The van der Waals surface area contributed by atoms with E-state index in [4.69, 9.17) is 21.1 Å². The van der Waals surface area contributed by atoms with Gasteiger partial charge in [-0.2, -0.15) is 0 Å². The Bertz CT molecular complexity index is 671. The maximum atomic E-state index is 13.8. The average molecular weight is 309 g/mol. The normalized spacial score (nSPS) is 10.3. The first-order valence-electron chi connectivity index (χ1n) is 6.25. The number of ketones is 1. The van der Waals surface area contributed by atoms with E-state index < -0.39 is 5.82 Å². The molecule has 0 aromatic heterocycles. The summed E-state index contributed by atoms with van der Waals surface area (Å²) >= 11 is 5.71. The molecule has 0 unspecified atom stereocenters. The van der Waals surface area contributed by atoms with Crippen LogP contribution in [0, 0.1) is 5.82 Å². The molecule has 21 heavy (non-hydrogen) atoms.